The lowest BCUT2D eigenvalue weighted by molar-refractivity contribution is 0.450. The Labute approximate surface area is 119 Å². The summed E-state index contributed by atoms with van der Waals surface area (Å²) in [6.07, 6.45) is 6.78. The molecular weight excluding hydrogens is 310 g/mol. The lowest BCUT2D eigenvalue weighted by atomic mass is 10.00. The van der Waals surface area contributed by atoms with E-state index < -0.39 is 0 Å². The van der Waals surface area contributed by atoms with Crippen molar-refractivity contribution in [3.63, 3.8) is 0 Å². The lowest BCUT2D eigenvalue weighted by Gasteiger charge is -2.36. The van der Waals surface area contributed by atoms with E-state index in [2.05, 4.69) is 42.2 Å². The van der Waals surface area contributed by atoms with Gasteiger partial charge in [0.15, 0.2) is 0 Å². The predicted octanol–water partition coefficient (Wildman–Crippen LogP) is 3.84. The van der Waals surface area contributed by atoms with Crippen LogP contribution in [0, 0.1) is 0 Å². The molecule has 2 aromatic rings. The highest BCUT2D eigenvalue weighted by Crippen LogP contribution is 2.32. The molecule has 0 radical (unpaired) electrons. The Morgan fingerprint density at radius 1 is 1.39 bits per heavy atom. The third-order valence-electron chi connectivity index (χ3n) is 3.58. The molecule has 1 unspecified atom stereocenters. The zero-order chi connectivity index (χ0) is 12.4. The Bertz CT molecular complexity index is 526. The van der Waals surface area contributed by atoms with Gasteiger partial charge in [0.2, 0.25) is 0 Å². The summed E-state index contributed by atoms with van der Waals surface area (Å²) in [5, 5.41) is 4.38. The molecule has 2 aromatic heterocycles. The average molecular weight is 326 g/mol. The van der Waals surface area contributed by atoms with Gasteiger partial charge in [-0.05, 0) is 37.1 Å². The third-order valence-corrected chi connectivity index (χ3v) is 4.86. The van der Waals surface area contributed by atoms with Gasteiger partial charge < -0.3 is 4.90 Å². The van der Waals surface area contributed by atoms with Crippen LogP contribution < -0.4 is 4.90 Å². The molecule has 3 rings (SSSR count). The molecule has 0 spiro atoms. The van der Waals surface area contributed by atoms with Crippen LogP contribution in [0.4, 0.5) is 5.82 Å². The predicted molar refractivity (Wildman–Crippen MR) is 80.8 cm³/mol. The first-order valence-corrected chi connectivity index (χ1v) is 8.41. The number of anilines is 1. The Morgan fingerprint density at radius 3 is 3.22 bits per heavy atom. The zero-order valence-electron chi connectivity index (χ0n) is 10.2. The number of aromatic nitrogens is 2. The molecule has 96 valence electrons. The van der Waals surface area contributed by atoms with E-state index in [9.17, 15) is 0 Å². The van der Waals surface area contributed by atoms with E-state index in [-0.39, 0.29) is 0 Å². The molecule has 1 aliphatic rings. The van der Waals surface area contributed by atoms with E-state index in [1.807, 2.05) is 0 Å². The minimum Gasteiger partial charge on any atom is -0.353 e. The second-order valence-electron chi connectivity index (χ2n) is 4.66. The fraction of sp³-hybridized carbons (Fsp3) is 0.538. The SMILES string of the molecule is BrCCC1CCCCN1c1ncnc2sccc12. The molecule has 1 atom stereocenters. The van der Waals surface area contributed by atoms with E-state index in [0.29, 0.717) is 6.04 Å². The first-order valence-electron chi connectivity index (χ1n) is 6.41. The average Bonchev–Trinajstić information content (AvgIpc) is 2.88. The van der Waals surface area contributed by atoms with Crippen molar-refractivity contribution in [2.24, 2.45) is 0 Å². The molecule has 1 aliphatic heterocycles. The topological polar surface area (TPSA) is 29.0 Å². The molecule has 3 nitrogen and oxygen atoms in total. The molecule has 1 fully saturated rings. The molecule has 0 bridgehead atoms. The van der Waals surface area contributed by atoms with Gasteiger partial charge in [-0.25, -0.2) is 9.97 Å². The molecule has 1 saturated heterocycles. The van der Waals surface area contributed by atoms with E-state index in [1.54, 1.807) is 17.7 Å². The summed E-state index contributed by atoms with van der Waals surface area (Å²) >= 11 is 5.26. The molecule has 0 N–H and O–H groups in total. The molecule has 0 aromatic carbocycles. The molecular formula is C13H16BrN3S. The van der Waals surface area contributed by atoms with Gasteiger partial charge in [-0.1, -0.05) is 15.9 Å². The third kappa shape index (κ3) is 2.26. The van der Waals surface area contributed by atoms with Gasteiger partial charge in [-0.3, -0.25) is 0 Å². The molecule has 3 heterocycles. The van der Waals surface area contributed by atoms with Crippen molar-refractivity contribution in [1.29, 1.82) is 0 Å². The number of thiophene rings is 1. The number of fused-ring (bicyclic) bond motifs is 1. The number of hydrogen-bond acceptors (Lipinski definition) is 4. The van der Waals surface area contributed by atoms with Gasteiger partial charge in [0, 0.05) is 17.9 Å². The number of rotatable bonds is 3. The summed E-state index contributed by atoms with van der Waals surface area (Å²) in [5.41, 5.74) is 0. The summed E-state index contributed by atoms with van der Waals surface area (Å²) < 4.78 is 0. The maximum absolute atomic E-state index is 4.54. The molecule has 0 saturated carbocycles. The highest BCUT2D eigenvalue weighted by atomic mass is 79.9. The first kappa shape index (κ1) is 12.4. The van der Waals surface area contributed by atoms with Crippen LogP contribution in [-0.4, -0.2) is 27.9 Å². The maximum atomic E-state index is 4.54. The van der Waals surface area contributed by atoms with Crippen LogP contribution in [0.5, 0.6) is 0 Å². The van der Waals surface area contributed by atoms with Crippen molar-refractivity contribution >= 4 is 43.3 Å². The highest BCUT2D eigenvalue weighted by Gasteiger charge is 2.24. The Morgan fingerprint density at radius 2 is 2.33 bits per heavy atom. The molecule has 0 amide bonds. The molecule has 5 heteroatoms. The van der Waals surface area contributed by atoms with Crippen molar-refractivity contribution in [1.82, 2.24) is 9.97 Å². The van der Waals surface area contributed by atoms with Crippen LogP contribution in [0.15, 0.2) is 17.8 Å². The number of nitrogens with zero attached hydrogens (tertiary/aromatic N) is 3. The van der Waals surface area contributed by atoms with Crippen LogP contribution in [0.2, 0.25) is 0 Å². The highest BCUT2D eigenvalue weighted by molar-refractivity contribution is 9.09. The largest absolute Gasteiger partial charge is 0.353 e. The van der Waals surface area contributed by atoms with Gasteiger partial charge in [0.1, 0.15) is 17.0 Å². The number of halogens is 1. The normalized spacial score (nSPS) is 20.5. The number of hydrogen-bond donors (Lipinski definition) is 0. The minimum atomic E-state index is 0.621. The van der Waals surface area contributed by atoms with E-state index in [0.717, 1.165) is 22.5 Å². The van der Waals surface area contributed by atoms with E-state index in [4.69, 9.17) is 0 Å². The standard InChI is InChI=1S/C13H16BrN3S/c14-6-4-10-3-1-2-7-17(10)12-11-5-8-18-13(11)16-9-15-12/h5,8-10H,1-4,6-7H2. The summed E-state index contributed by atoms with van der Waals surface area (Å²) in [4.78, 5) is 12.5. The van der Waals surface area contributed by atoms with Gasteiger partial charge in [-0.2, -0.15) is 0 Å². The van der Waals surface area contributed by atoms with Gasteiger partial charge in [-0.15, -0.1) is 11.3 Å². The Balaban J connectivity index is 1.98. The van der Waals surface area contributed by atoms with Crippen LogP contribution in [-0.2, 0) is 0 Å². The fourth-order valence-electron chi connectivity index (χ4n) is 2.71. The van der Waals surface area contributed by atoms with Crippen LogP contribution in [0.3, 0.4) is 0 Å². The summed E-state index contributed by atoms with van der Waals surface area (Å²) in [5.74, 6) is 1.13. The molecule has 18 heavy (non-hydrogen) atoms. The van der Waals surface area contributed by atoms with Gasteiger partial charge in [0.25, 0.3) is 0 Å². The minimum absolute atomic E-state index is 0.621. The van der Waals surface area contributed by atoms with Crippen LogP contribution >= 0.6 is 27.3 Å². The summed E-state index contributed by atoms with van der Waals surface area (Å²) in [6.45, 7) is 1.12. The smallest absolute Gasteiger partial charge is 0.141 e. The maximum Gasteiger partial charge on any atom is 0.141 e. The van der Waals surface area contributed by atoms with Gasteiger partial charge in [0.05, 0.1) is 5.39 Å². The van der Waals surface area contributed by atoms with Crippen molar-refractivity contribution in [2.45, 2.75) is 31.7 Å². The Hall–Kier alpha value is -0.680. The second kappa shape index (κ2) is 5.53. The molecule has 0 aliphatic carbocycles. The van der Waals surface area contributed by atoms with Crippen LogP contribution in [0.25, 0.3) is 10.2 Å². The summed E-state index contributed by atoms with van der Waals surface area (Å²) in [6, 6.07) is 2.77. The van der Waals surface area contributed by atoms with Crippen molar-refractivity contribution < 1.29 is 0 Å². The van der Waals surface area contributed by atoms with Crippen molar-refractivity contribution in [3.8, 4) is 0 Å². The van der Waals surface area contributed by atoms with Gasteiger partial charge >= 0.3 is 0 Å². The Kier molecular flexibility index (Phi) is 3.80. The fourth-order valence-corrected chi connectivity index (χ4v) is 3.97. The van der Waals surface area contributed by atoms with Crippen molar-refractivity contribution in [2.75, 3.05) is 16.8 Å². The lowest BCUT2D eigenvalue weighted by Crippen LogP contribution is -2.40. The summed E-state index contributed by atoms with van der Waals surface area (Å²) in [7, 11) is 0. The van der Waals surface area contributed by atoms with E-state index in [1.165, 1.54) is 31.1 Å². The monoisotopic (exact) mass is 325 g/mol. The number of alkyl halides is 1. The first-order chi connectivity index (χ1) is 8.90. The van der Waals surface area contributed by atoms with Crippen molar-refractivity contribution in [3.05, 3.63) is 17.8 Å². The number of piperidine rings is 1. The van der Waals surface area contributed by atoms with Crippen LogP contribution in [0.1, 0.15) is 25.7 Å². The second-order valence-corrected chi connectivity index (χ2v) is 6.34. The quantitative estimate of drug-likeness (QED) is 0.803. The zero-order valence-corrected chi connectivity index (χ0v) is 12.6. The van der Waals surface area contributed by atoms with E-state index >= 15 is 0 Å².